The minimum atomic E-state index is -0.720. The van der Waals surface area contributed by atoms with Crippen LogP contribution in [0.3, 0.4) is 0 Å². The zero-order valence-corrected chi connectivity index (χ0v) is 15.8. The number of fused-ring (bicyclic) bond motifs is 4. The van der Waals surface area contributed by atoms with Crippen LogP contribution in [0.5, 0.6) is 0 Å². The highest BCUT2D eigenvalue weighted by molar-refractivity contribution is 6.06. The molecule has 0 unspecified atom stereocenters. The van der Waals surface area contributed by atoms with Gasteiger partial charge in [-0.15, -0.1) is 0 Å². The standard InChI is InChI=1S/C22H16N4O4/c23-11-16-17-5-3-9-25(17)22(29)26(21(16)28)12-20(27)24-13-7-8-19-15(10-13)14-4-1-2-6-18(14)30-19/h1-2,4,6-8,10H,3,5,9,12H2,(H,24,27). The minimum absolute atomic E-state index is 0.0637. The molecule has 0 spiro atoms. The third-order valence-corrected chi connectivity index (χ3v) is 5.40. The van der Waals surface area contributed by atoms with Gasteiger partial charge in [-0.2, -0.15) is 5.26 Å². The van der Waals surface area contributed by atoms with E-state index in [1.54, 1.807) is 18.2 Å². The Morgan fingerprint density at radius 3 is 2.77 bits per heavy atom. The maximum atomic E-state index is 12.6. The number of benzene rings is 2. The molecule has 1 N–H and O–H groups in total. The van der Waals surface area contributed by atoms with E-state index in [2.05, 4.69) is 5.32 Å². The third kappa shape index (κ3) is 2.71. The van der Waals surface area contributed by atoms with E-state index in [1.165, 1.54) is 4.57 Å². The summed E-state index contributed by atoms with van der Waals surface area (Å²) < 4.78 is 8.02. The van der Waals surface area contributed by atoms with Crippen LogP contribution in [0.15, 0.2) is 56.5 Å². The SMILES string of the molecule is N#Cc1c2n(c(=O)n(CC(=O)Nc3ccc4oc5ccccc5c4c3)c1=O)CCC2. The first-order valence-electron chi connectivity index (χ1n) is 9.54. The number of nitrogens with zero attached hydrogens (tertiary/aromatic N) is 3. The molecule has 8 heteroatoms. The Morgan fingerprint density at radius 1 is 1.13 bits per heavy atom. The molecule has 4 aromatic rings. The van der Waals surface area contributed by atoms with Gasteiger partial charge < -0.3 is 9.73 Å². The molecule has 5 rings (SSSR count). The predicted octanol–water partition coefficient (Wildman–Crippen LogP) is 2.37. The van der Waals surface area contributed by atoms with Crippen molar-refractivity contribution in [2.24, 2.45) is 0 Å². The summed E-state index contributed by atoms with van der Waals surface area (Å²) in [4.78, 5) is 37.8. The molecule has 8 nitrogen and oxygen atoms in total. The number of rotatable bonds is 3. The van der Waals surface area contributed by atoms with Crippen molar-refractivity contribution >= 4 is 33.5 Å². The fourth-order valence-corrected chi connectivity index (χ4v) is 4.04. The second kappa shape index (κ2) is 6.74. The predicted molar refractivity (Wildman–Crippen MR) is 110 cm³/mol. The Morgan fingerprint density at radius 2 is 1.93 bits per heavy atom. The molecule has 148 valence electrons. The molecule has 0 bridgehead atoms. The van der Waals surface area contributed by atoms with Gasteiger partial charge in [0.25, 0.3) is 5.56 Å². The lowest BCUT2D eigenvalue weighted by atomic mass is 10.1. The van der Waals surface area contributed by atoms with Crippen LogP contribution in [-0.2, 0) is 24.3 Å². The highest BCUT2D eigenvalue weighted by Crippen LogP contribution is 2.30. The molecule has 1 aliphatic heterocycles. The molecule has 2 aromatic carbocycles. The quantitative estimate of drug-likeness (QED) is 0.568. The van der Waals surface area contributed by atoms with Gasteiger partial charge in [-0.05, 0) is 37.1 Å². The zero-order valence-electron chi connectivity index (χ0n) is 15.8. The molecule has 0 saturated heterocycles. The van der Waals surface area contributed by atoms with E-state index in [9.17, 15) is 19.6 Å². The first-order chi connectivity index (χ1) is 14.6. The number of para-hydroxylation sites is 1. The number of nitrogens with one attached hydrogen (secondary N) is 1. The van der Waals surface area contributed by atoms with Gasteiger partial charge in [-0.3, -0.25) is 14.2 Å². The van der Waals surface area contributed by atoms with Crippen molar-refractivity contribution in [1.29, 1.82) is 5.26 Å². The van der Waals surface area contributed by atoms with E-state index in [0.29, 0.717) is 36.4 Å². The van der Waals surface area contributed by atoms with Gasteiger partial charge in [0.15, 0.2) is 0 Å². The molecule has 0 aliphatic carbocycles. The average molecular weight is 400 g/mol. The van der Waals surface area contributed by atoms with E-state index in [4.69, 9.17) is 4.42 Å². The van der Waals surface area contributed by atoms with E-state index in [-0.39, 0.29) is 5.56 Å². The van der Waals surface area contributed by atoms with Crippen molar-refractivity contribution in [3.63, 3.8) is 0 Å². The Hall–Kier alpha value is -4.12. The summed E-state index contributed by atoms with van der Waals surface area (Å²) in [6.07, 6.45) is 1.21. The van der Waals surface area contributed by atoms with E-state index in [0.717, 1.165) is 20.9 Å². The average Bonchev–Trinajstić information content (AvgIpc) is 3.36. The number of hydrogen-bond donors (Lipinski definition) is 1. The number of furan rings is 1. The maximum Gasteiger partial charge on any atom is 0.331 e. The Labute approximate surface area is 169 Å². The van der Waals surface area contributed by atoms with Crippen molar-refractivity contribution < 1.29 is 9.21 Å². The Bertz CT molecular complexity index is 1500. The summed E-state index contributed by atoms with van der Waals surface area (Å²) in [6, 6.07) is 14.7. The maximum absolute atomic E-state index is 12.6. The Balaban J connectivity index is 1.47. The molecule has 2 aromatic heterocycles. The van der Waals surface area contributed by atoms with E-state index in [1.807, 2.05) is 30.3 Å². The van der Waals surface area contributed by atoms with Crippen LogP contribution in [0.2, 0.25) is 0 Å². The first kappa shape index (κ1) is 17.9. The highest BCUT2D eigenvalue weighted by atomic mass is 16.3. The zero-order chi connectivity index (χ0) is 20.8. The van der Waals surface area contributed by atoms with Gasteiger partial charge in [0, 0.05) is 28.7 Å². The van der Waals surface area contributed by atoms with Gasteiger partial charge in [-0.1, -0.05) is 18.2 Å². The van der Waals surface area contributed by atoms with Crippen LogP contribution >= 0.6 is 0 Å². The Kier molecular flexibility index (Phi) is 4.03. The van der Waals surface area contributed by atoms with Gasteiger partial charge in [-0.25, -0.2) is 9.36 Å². The first-order valence-corrected chi connectivity index (χ1v) is 9.54. The molecular weight excluding hydrogens is 384 g/mol. The normalized spacial score (nSPS) is 12.8. The summed E-state index contributed by atoms with van der Waals surface area (Å²) in [5.74, 6) is -0.524. The number of anilines is 1. The van der Waals surface area contributed by atoms with Crippen LogP contribution in [0, 0.1) is 11.3 Å². The molecule has 1 aliphatic rings. The summed E-state index contributed by atoms with van der Waals surface area (Å²) >= 11 is 0. The van der Waals surface area contributed by atoms with Crippen LogP contribution in [0.1, 0.15) is 17.7 Å². The summed E-state index contributed by atoms with van der Waals surface area (Å²) in [6.45, 7) is -0.0220. The summed E-state index contributed by atoms with van der Waals surface area (Å²) in [7, 11) is 0. The van der Waals surface area contributed by atoms with Crippen molar-refractivity contribution in [2.75, 3.05) is 5.32 Å². The molecule has 3 heterocycles. The van der Waals surface area contributed by atoms with Gasteiger partial charge >= 0.3 is 5.69 Å². The number of carbonyl (C=O) groups is 1. The van der Waals surface area contributed by atoms with E-state index >= 15 is 0 Å². The molecule has 30 heavy (non-hydrogen) atoms. The number of amides is 1. The summed E-state index contributed by atoms with van der Waals surface area (Å²) in [5, 5.41) is 13.8. The fraction of sp³-hybridized carbons (Fsp3) is 0.182. The lowest BCUT2D eigenvalue weighted by molar-refractivity contribution is -0.116. The molecular formula is C22H16N4O4. The van der Waals surface area contributed by atoms with Gasteiger partial charge in [0.1, 0.15) is 29.3 Å². The molecule has 0 radical (unpaired) electrons. The van der Waals surface area contributed by atoms with Crippen LogP contribution in [-0.4, -0.2) is 15.0 Å². The third-order valence-electron chi connectivity index (χ3n) is 5.40. The number of hydrogen-bond acceptors (Lipinski definition) is 5. The number of aromatic nitrogens is 2. The number of carbonyl (C=O) groups excluding carboxylic acids is 1. The van der Waals surface area contributed by atoms with Crippen molar-refractivity contribution in [2.45, 2.75) is 25.9 Å². The van der Waals surface area contributed by atoms with Crippen molar-refractivity contribution in [3.8, 4) is 6.07 Å². The molecule has 0 fully saturated rings. The van der Waals surface area contributed by atoms with Crippen molar-refractivity contribution in [1.82, 2.24) is 9.13 Å². The highest BCUT2D eigenvalue weighted by Gasteiger charge is 2.23. The van der Waals surface area contributed by atoms with Gasteiger partial charge in [0.05, 0.1) is 0 Å². The van der Waals surface area contributed by atoms with Crippen LogP contribution < -0.4 is 16.6 Å². The summed E-state index contributed by atoms with van der Waals surface area (Å²) in [5.41, 5.74) is 1.08. The molecule has 0 saturated carbocycles. The largest absolute Gasteiger partial charge is 0.456 e. The lowest BCUT2D eigenvalue weighted by Gasteiger charge is -2.11. The monoisotopic (exact) mass is 400 g/mol. The van der Waals surface area contributed by atoms with Crippen molar-refractivity contribution in [3.05, 3.63) is 74.6 Å². The fourth-order valence-electron chi connectivity index (χ4n) is 4.04. The lowest BCUT2D eigenvalue weighted by Crippen LogP contribution is -2.44. The molecule has 0 atom stereocenters. The van der Waals surface area contributed by atoms with Crippen LogP contribution in [0.4, 0.5) is 5.69 Å². The smallest absolute Gasteiger partial charge is 0.331 e. The second-order valence-corrected chi connectivity index (χ2v) is 7.22. The molecule has 1 amide bonds. The minimum Gasteiger partial charge on any atom is -0.456 e. The number of nitriles is 1. The van der Waals surface area contributed by atoms with E-state index < -0.39 is 23.7 Å². The van der Waals surface area contributed by atoms with Gasteiger partial charge in [0.2, 0.25) is 5.91 Å². The van der Waals surface area contributed by atoms with Crippen LogP contribution in [0.25, 0.3) is 21.9 Å². The topological polar surface area (TPSA) is 110 Å². The second-order valence-electron chi connectivity index (χ2n) is 7.22.